The molecule has 148 heavy (non-hydrogen) atoms. The molecule has 32 nitrogen and oxygen atoms in total. The number of carbonyl (C=O) groups excluding carboxylic acids is 4. The molecule has 0 bridgehead atoms. The van der Waals surface area contributed by atoms with Crippen LogP contribution in [0.4, 0.5) is 95.3 Å². The highest BCUT2D eigenvalue weighted by molar-refractivity contribution is 6.08. The van der Waals surface area contributed by atoms with E-state index in [1.165, 1.54) is 54.0 Å². The van der Waals surface area contributed by atoms with Gasteiger partial charge in [-0.1, -0.05) is 112 Å². The van der Waals surface area contributed by atoms with Gasteiger partial charge in [0.25, 0.3) is 23.6 Å². The van der Waals surface area contributed by atoms with Gasteiger partial charge in [-0.2, -0.15) is 19.9 Å². The maximum atomic E-state index is 13.6. The number of ketones is 1. The van der Waals surface area contributed by atoms with E-state index in [4.69, 9.17) is 19.9 Å². The minimum Gasteiger partial charge on any atom is -0.373 e. The molecule has 11 N–H and O–H groups in total. The van der Waals surface area contributed by atoms with Crippen LogP contribution in [-0.4, -0.2) is 192 Å². The molecular formula is C114H142F2N28O4. The maximum Gasteiger partial charge on any atom is 0.272 e. The zero-order valence-corrected chi connectivity index (χ0v) is 87.9. The summed E-state index contributed by atoms with van der Waals surface area (Å²) >= 11 is 0. The normalized spacial score (nSPS) is 14.1. The third-order valence-corrected chi connectivity index (χ3v) is 28.2. The number of aryl methyl sites for hydroxylation is 2. The number of aromatic nitrogens is 13. The van der Waals surface area contributed by atoms with Crippen LogP contribution in [0.15, 0.2) is 207 Å². The van der Waals surface area contributed by atoms with Gasteiger partial charge in [-0.25, -0.2) is 33.7 Å². The van der Waals surface area contributed by atoms with Crippen molar-refractivity contribution in [1.82, 2.24) is 84.4 Å². The Morgan fingerprint density at radius 1 is 0.432 bits per heavy atom. The van der Waals surface area contributed by atoms with E-state index >= 15 is 0 Å². The summed E-state index contributed by atoms with van der Waals surface area (Å²) in [5.74, 6) is -0.826. The van der Waals surface area contributed by atoms with Gasteiger partial charge in [-0.15, -0.1) is 0 Å². The van der Waals surface area contributed by atoms with Crippen molar-refractivity contribution in [2.45, 2.75) is 190 Å². The van der Waals surface area contributed by atoms with E-state index in [2.05, 4.69) is 253 Å². The van der Waals surface area contributed by atoms with Crippen molar-refractivity contribution in [2.24, 2.45) is 0 Å². The van der Waals surface area contributed by atoms with E-state index in [-0.39, 0.29) is 52.6 Å². The Bertz CT molecular complexity index is 7020. The lowest BCUT2D eigenvalue weighted by Gasteiger charge is -2.29. The van der Waals surface area contributed by atoms with Gasteiger partial charge in [0, 0.05) is 240 Å². The zero-order chi connectivity index (χ0) is 104. The second kappa shape index (κ2) is 48.6. The molecule has 34 heteroatoms. The summed E-state index contributed by atoms with van der Waals surface area (Å²) in [6.45, 7) is 39.6. The number of Topliss-reactive ketones (excluding diaryl/α,β-unsaturated/α-hetero) is 1. The summed E-state index contributed by atoms with van der Waals surface area (Å²) in [6.07, 6.45) is 18.8. The minimum atomic E-state index is -2.94. The number of alkyl halides is 2. The Morgan fingerprint density at radius 2 is 0.824 bits per heavy atom. The highest BCUT2D eigenvalue weighted by atomic mass is 19.3. The lowest BCUT2D eigenvalue weighted by atomic mass is 9.87. The summed E-state index contributed by atoms with van der Waals surface area (Å²) in [7, 11) is 3.98. The number of halogens is 2. The summed E-state index contributed by atoms with van der Waals surface area (Å²) in [4.78, 5) is 104. The number of hydrogen-bond acceptors (Lipinski definition) is 25. The van der Waals surface area contributed by atoms with Crippen molar-refractivity contribution < 1.29 is 28.0 Å². The molecule has 19 rings (SSSR count). The van der Waals surface area contributed by atoms with Crippen LogP contribution in [0.3, 0.4) is 0 Å². The Balaban J connectivity index is 0.000000141. The lowest BCUT2D eigenvalue weighted by molar-refractivity contribution is 0.0174. The standard InChI is InChI=1S/C32H41N7O.C30H37F2N7O.C29H35N7O.C23H29N7O/c1-6-26(7-2)39-28(30(40)35-25-10-8-9-23(20-25)32(3,4)5)19-22-21-34-31(37-29(22)39)36-24-11-13-27(14-12-24)38-17-15-33-16-18-38;1-6-24(7-2)39-26(28(40)35-22-10-8-21(9-11-22)30(3,31)32)18-20-19-34-29(37-27(20)39)36-23-12-14-25(15-13-23)38(5)17-16-33-4;1-4-24(5-2)36-26(28(37)32-23-8-6-7-20(3)17-23)18-21-19-31-29(34-27(21)36)33-22-9-11-25(12-10-22)35-15-13-30-14-16-35;1-15-19-14-26-23(27-20-8-7-18(13-25-20)29-11-9-24-10-12-29)28-22(19)30(21(15)16(2)31)17-5-3-4-6-17/h8-14,19-21,26,33H,6-7,15-18H2,1-5H3,(H,35,40)(H,34,36,37);8-15,18-19,24,33H,6-7,16-17H2,1-5H3,(H,35,40)(H,34,36,37);6-12,17-19,24,30H,4-5,13-16H2,1-3H3,(H,32,37)(H,31,33,34);7-8,13-14,17,24H,3-6,9-12H2,1-2H3,(H,25,26,27,28). The van der Waals surface area contributed by atoms with Crippen LogP contribution in [0.5, 0.6) is 0 Å². The van der Waals surface area contributed by atoms with Crippen molar-refractivity contribution in [3.05, 3.63) is 252 Å². The molecule has 1 saturated carbocycles. The van der Waals surface area contributed by atoms with Gasteiger partial charge in [0.15, 0.2) is 5.78 Å². The van der Waals surface area contributed by atoms with Crippen LogP contribution in [0.1, 0.15) is 229 Å². The number of likely N-dealkylation sites (N-methyl/N-ethyl adjacent to an activating group) is 2. The van der Waals surface area contributed by atoms with Gasteiger partial charge in [0.05, 0.1) is 17.6 Å². The van der Waals surface area contributed by atoms with E-state index in [0.29, 0.717) is 64.1 Å². The van der Waals surface area contributed by atoms with Crippen LogP contribution >= 0.6 is 0 Å². The molecule has 3 amide bonds. The van der Waals surface area contributed by atoms with Crippen LogP contribution in [0.25, 0.3) is 44.1 Å². The molecule has 3 aliphatic heterocycles. The molecule has 12 heterocycles. The summed E-state index contributed by atoms with van der Waals surface area (Å²) < 4.78 is 35.5. The fourth-order valence-corrected chi connectivity index (χ4v) is 19.9. The first-order chi connectivity index (χ1) is 71.6. The molecule has 0 atom stereocenters. The number of fused-ring (bicyclic) bond motifs is 4. The van der Waals surface area contributed by atoms with Gasteiger partial charge in [-0.05, 0) is 234 Å². The molecular weight excluding hydrogens is 1860 g/mol. The molecule has 776 valence electrons. The van der Waals surface area contributed by atoms with Crippen molar-refractivity contribution in [1.29, 1.82) is 0 Å². The Labute approximate surface area is 865 Å². The molecule has 4 aliphatic rings. The summed E-state index contributed by atoms with van der Waals surface area (Å²) in [5, 5.41) is 38.9. The van der Waals surface area contributed by atoms with Crippen LogP contribution in [-0.2, 0) is 11.3 Å². The van der Waals surface area contributed by atoms with E-state index < -0.39 is 5.92 Å². The molecule has 4 fully saturated rings. The Morgan fingerprint density at radius 3 is 1.23 bits per heavy atom. The molecule has 1 aliphatic carbocycles. The Kier molecular flexibility index (Phi) is 34.8. The average Bonchev–Trinajstić information content (AvgIpc) is 1.60. The average molecular weight is 2010 g/mol. The van der Waals surface area contributed by atoms with E-state index in [0.717, 1.165) is 245 Å². The first kappa shape index (κ1) is 106. The highest BCUT2D eigenvalue weighted by Gasteiger charge is 2.32. The van der Waals surface area contributed by atoms with Crippen LogP contribution in [0.2, 0.25) is 0 Å². The molecule has 3 saturated heterocycles. The zero-order valence-electron chi connectivity index (χ0n) is 87.9. The third kappa shape index (κ3) is 25.7. The highest BCUT2D eigenvalue weighted by Crippen LogP contribution is 2.40. The number of piperazine rings is 3. The smallest absolute Gasteiger partial charge is 0.272 e. The lowest BCUT2D eigenvalue weighted by Crippen LogP contribution is -2.43. The van der Waals surface area contributed by atoms with Crippen molar-refractivity contribution in [3.8, 4) is 0 Å². The fraction of sp³-hybridized carbons (Fsp3) is 0.395. The van der Waals surface area contributed by atoms with Crippen LogP contribution < -0.4 is 78.1 Å². The predicted molar refractivity (Wildman–Crippen MR) is 597 cm³/mol. The SMILES string of the molecule is CC(=O)c1c(C)c2cnc(Nc3ccc(N4CCNCC4)cn3)nc2n1C1CCCC1.CCC(CC)n1c(C(=O)Nc2ccc(C(C)(F)F)cc2)cc2cnc(Nc3ccc(N(C)CCNC)cc3)nc21.CCC(CC)n1c(C(=O)Nc2cccc(C(C)(C)C)c2)cc2cnc(Nc3ccc(N4CCNCC4)cc3)nc21.CCC(CC)n1c(C(=O)Nc2cccc(C)c2)cc2cnc(Nc3ccc(N4CCNCC4)cc3)nc21. The molecule has 9 aromatic heterocycles. The number of hydrogen-bond donors (Lipinski definition) is 11. The molecule has 15 aromatic rings. The molecule has 6 aromatic carbocycles. The number of nitrogens with zero attached hydrogens (tertiary/aromatic N) is 17. The summed E-state index contributed by atoms with van der Waals surface area (Å²) in [5.41, 5.74) is 17.9. The number of amides is 3. The topological polar surface area (TPSA) is 349 Å². The monoisotopic (exact) mass is 2010 g/mol. The number of benzene rings is 6. The second-order valence-electron chi connectivity index (χ2n) is 39.6. The predicted octanol–water partition coefficient (Wildman–Crippen LogP) is 22.2. The number of pyridine rings is 1. The number of anilines is 15. The quantitative estimate of drug-likeness (QED) is 0.0170. The summed E-state index contributed by atoms with van der Waals surface area (Å²) in [6, 6.07) is 56.6. The van der Waals surface area contributed by atoms with Gasteiger partial charge < -0.3 is 96.4 Å². The fourth-order valence-electron chi connectivity index (χ4n) is 19.9. The minimum absolute atomic E-state index is 0.00447. The maximum absolute atomic E-state index is 13.6. The first-order valence-electron chi connectivity index (χ1n) is 52.3. The van der Waals surface area contributed by atoms with Crippen molar-refractivity contribution >= 4 is 154 Å². The molecule has 0 unspecified atom stereocenters. The molecule has 0 radical (unpaired) electrons. The van der Waals surface area contributed by atoms with E-state index in [1.54, 1.807) is 31.6 Å². The van der Waals surface area contributed by atoms with Crippen molar-refractivity contribution in [2.75, 3.05) is 163 Å². The third-order valence-electron chi connectivity index (χ3n) is 28.2. The largest absolute Gasteiger partial charge is 0.373 e. The van der Waals surface area contributed by atoms with Gasteiger partial charge in [0.2, 0.25) is 23.8 Å². The van der Waals surface area contributed by atoms with Crippen LogP contribution in [0, 0.1) is 13.8 Å². The number of rotatable bonds is 33. The molecule has 0 spiro atoms. The number of nitrogens with one attached hydrogen (secondary N) is 11. The van der Waals surface area contributed by atoms with E-state index in [1.807, 2.05) is 117 Å². The first-order valence-corrected chi connectivity index (χ1v) is 52.3. The second-order valence-corrected chi connectivity index (χ2v) is 39.6. The van der Waals surface area contributed by atoms with Gasteiger partial charge >= 0.3 is 0 Å². The number of carbonyl (C=O) groups is 4. The van der Waals surface area contributed by atoms with Gasteiger partial charge in [0.1, 0.15) is 45.5 Å². The van der Waals surface area contributed by atoms with Gasteiger partial charge in [-0.3, -0.25) is 19.2 Å². The van der Waals surface area contributed by atoms with Crippen molar-refractivity contribution in [3.63, 3.8) is 0 Å². The Hall–Kier alpha value is -14.9. The van der Waals surface area contributed by atoms with E-state index in [9.17, 15) is 28.0 Å².